The number of morpholine rings is 1. The van der Waals surface area contributed by atoms with E-state index in [-0.39, 0.29) is 0 Å². The number of nitrogens with one attached hydrogen (secondary N) is 1. The fourth-order valence-corrected chi connectivity index (χ4v) is 4.21. The fraction of sp³-hybridized carbons (Fsp3) is 0.250. The molecule has 2 aromatic carbocycles. The second-order valence-corrected chi connectivity index (χ2v) is 7.94. The molecule has 0 unspecified atom stereocenters. The Balaban J connectivity index is 1.27. The van der Waals surface area contributed by atoms with E-state index in [2.05, 4.69) is 67.8 Å². The van der Waals surface area contributed by atoms with Crippen molar-refractivity contribution in [1.29, 1.82) is 0 Å². The van der Waals surface area contributed by atoms with Gasteiger partial charge in [0.05, 0.1) is 18.9 Å². The summed E-state index contributed by atoms with van der Waals surface area (Å²) in [5.41, 5.74) is 6.91. The molecule has 4 heterocycles. The van der Waals surface area contributed by atoms with E-state index >= 15 is 0 Å². The summed E-state index contributed by atoms with van der Waals surface area (Å²) in [6.07, 6.45) is 7.56. The van der Waals surface area contributed by atoms with Gasteiger partial charge < -0.3 is 15.0 Å². The second-order valence-electron chi connectivity index (χ2n) is 7.94. The molecule has 0 saturated carbocycles. The highest BCUT2D eigenvalue weighted by molar-refractivity contribution is 5.79. The van der Waals surface area contributed by atoms with Crippen LogP contribution < -0.4 is 10.2 Å². The van der Waals surface area contributed by atoms with Crippen molar-refractivity contribution in [3.05, 3.63) is 60.4 Å². The van der Waals surface area contributed by atoms with Crippen LogP contribution in [-0.2, 0) is 11.2 Å². The van der Waals surface area contributed by atoms with Gasteiger partial charge in [0.1, 0.15) is 5.69 Å². The highest BCUT2D eigenvalue weighted by Crippen LogP contribution is 2.31. The van der Waals surface area contributed by atoms with Crippen molar-refractivity contribution in [1.82, 2.24) is 19.6 Å². The third-order valence-electron chi connectivity index (χ3n) is 5.89. The number of aromatic nitrogens is 4. The minimum absolute atomic E-state index is 0.536. The van der Waals surface area contributed by atoms with Crippen molar-refractivity contribution in [3.8, 4) is 11.3 Å². The Morgan fingerprint density at radius 1 is 1.00 bits per heavy atom. The SMILES string of the molecule is C1=Nc2cc(-c3nccn4nc(Nc5ccc(N6CCOCC6)cc5)nc34)ccc2CC1. The third kappa shape index (κ3) is 3.58. The lowest BCUT2D eigenvalue weighted by Gasteiger charge is -2.28. The fourth-order valence-electron chi connectivity index (χ4n) is 4.21. The highest BCUT2D eigenvalue weighted by Gasteiger charge is 2.15. The number of hydrogen-bond donors (Lipinski definition) is 1. The van der Waals surface area contributed by atoms with Crippen LogP contribution in [0.15, 0.2) is 59.9 Å². The van der Waals surface area contributed by atoms with Crippen LogP contribution in [0.4, 0.5) is 23.0 Å². The molecule has 8 nitrogen and oxygen atoms in total. The van der Waals surface area contributed by atoms with Crippen LogP contribution in [-0.4, -0.2) is 52.1 Å². The lowest BCUT2D eigenvalue weighted by Crippen LogP contribution is -2.36. The van der Waals surface area contributed by atoms with Crippen LogP contribution in [0.1, 0.15) is 12.0 Å². The molecule has 2 aliphatic heterocycles. The van der Waals surface area contributed by atoms with Crippen LogP contribution in [0.3, 0.4) is 0 Å². The minimum atomic E-state index is 0.536. The molecule has 0 amide bonds. The first-order valence-electron chi connectivity index (χ1n) is 10.9. The van der Waals surface area contributed by atoms with Gasteiger partial charge in [-0.05, 0) is 48.7 Å². The maximum atomic E-state index is 5.44. The first-order valence-corrected chi connectivity index (χ1v) is 10.9. The minimum Gasteiger partial charge on any atom is -0.378 e. The first kappa shape index (κ1) is 18.9. The summed E-state index contributed by atoms with van der Waals surface area (Å²) in [6, 6.07) is 14.6. The maximum Gasteiger partial charge on any atom is 0.247 e. The van der Waals surface area contributed by atoms with E-state index < -0.39 is 0 Å². The number of aliphatic imine (C=N–C) groups is 1. The molecule has 2 aliphatic rings. The summed E-state index contributed by atoms with van der Waals surface area (Å²) < 4.78 is 7.20. The number of ether oxygens (including phenoxy) is 1. The molecular weight excluding hydrogens is 402 g/mol. The number of benzene rings is 2. The summed E-state index contributed by atoms with van der Waals surface area (Å²) in [7, 11) is 0. The Bertz CT molecular complexity index is 1290. The van der Waals surface area contributed by atoms with Crippen molar-refractivity contribution in [2.24, 2.45) is 4.99 Å². The Hall–Kier alpha value is -3.78. The normalized spacial score (nSPS) is 15.7. The van der Waals surface area contributed by atoms with E-state index in [1.807, 2.05) is 12.4 Å². The molecule has 32 heavy (non-hydrogen) atoms. The Labute approximate surface area is 185 Å². The number of hydrogen-bond acceptors (Lipinski definition) is 7. The van der Waals surface area contributed by atoms with Crippen LogP contribution in [0.2, 0.25) is 0 Å². The maximum absolute atomic E-state index is 5.44. The number of nitrogens with zero attached hydrogens (tertiary/aromatic N) is 6. The zero-order valence-electron chi connectivity index (χ0n) is 17.6. The molecular formula is C24H23N7O. The summed E-state index contributed by atoms with van der Waals surface area (Å²) in [5.74, 6) is 0.536. The number of anilines is 3. The molecule has 8 heteroatoms. The van der Waals surface area contributed by atoms with Gasteiger partial charge in [0, 0.05) is 48.6 Å². The van der Waals surface area contributed by atoms with Crippen molar-refractivity contribution in [3.63, 3.8) is 0 Å². The van der Waals surface area contributed by atoms with E-state index in [4.69, 9.17) is 9.72 Å². The Kier molecular flexibility index (Phi) is 4.77. The van der Waals surface area contributed by atoms with Crippen LogP contribution >= 0.6 is 0 Å². The largest absolute Gasteiger partial charge is 0.378 e. The van der Waals surface area contributed by atoms with Gasteiger partial charge >= 0.3 is 0 Å². The van der Waals surface area contributed by atoms with Gasteiger partial charge in [-0.15, -0.1) is 5.10 Å². The van der Waals surface area contributed by atoms with Crippen molar-refractivity contribution in [2.75, 3.05) is 36.5 Å². The average Bonchev–Trinajstić information content (AvgIpc) is 3.27. The lowest BCUT2D eigenvalue weighted by molar-refractivity contribution is 0.122. The zero-order valence-corrected chi connectivity index (χ0v) is 17.6. The summed E-state index contributed by atoms with van der Waals surface area (Å²) in [4.78, 5) is 16.2. The number of fused-ring (bicyclic) bond motifs is 2. The monoisotopic (exact) mass is 425 g/mol. The van der Waals surface area contributed by atoms with Gasteiger partial charge in [-0.2, -0.15) is 4.98 Å². The van der Waals surface area contributed by atoms with Gasteiger partial charge in [0.15, 0.2) is 5.65 Å². The molecule has 0 spiro atoms. The van der Waals surface area contributed by atoms with Crippen molar-refractivity contribution in [2.45, 2.75) is 12.8 Å². The quantitative estimate of drug-likeness (QED) is 0.532. The van der Waals surface area contributed by atoms with E-state index in [0.717, 1.165) is 61.8 Å². The predicted octanol–water partition coefficient (Wildman–Crippen LogP) is 4.02. The van der Waals surface area contributed by atoms with E-state index in [1.165, 1.54) is 11.3 Å². The zero-order chi connectivity index (χ0) is 21.3. The first-order chi connectivity index (χ1) is 15.8. The standard InChI is InChI=1S/C24H23N7O/c1-2-17-3-4-18(16-21(17)25-9-1)22-23-28-24(29-31(23)11-10-26-22)27-19-5-7-20(8-6-19)30-12-14-32-15-13-30/h3-11,16H,1-2,12-15H2,(H,27,29). The highest BCUT2D eigenvalue weighted by atomic mass is 16.5. The summed E-state index contributed by atoms with van der Waals surface area (Å²) in [6.45, 7) is 3.39. The molecule has 160 valence electrons. The smallest absolute Gasteiger partial charge is 0.247 e. The molecule has 1 fully saturated rings. The van der Waals surface area contributed by atoms with E-state index in [9.17, 15) is 0 Å². The van der Waals surface area contributed by atoms with Gasteiger partial charge in [0.2, 0.25) is 5.95 Å². The van der Waals surface area contributed by atoms with E-state index in [0.29, 0.717) is 11.6 Å². The molecule has 0 bridgehead atoms. The van der Waals surface area contributed by atoms with Crippen molar-refractivity contribution < 1.29 is 4.74 Å². The van der Waals surface area contributed by atoms with Crippen LogP contribution in [0.25, 0.3) is 16.9 Å². The molecule has 0 radical (unpaired) electrons. The van der Waals surface area contributed by atoms with Gasteiger partial charge in [-0.25, -0.2) is 4.52 Å². The van der Waals surface area contributed by atoms with Gasteiger partial charge in [0.25, 0.3) is 0 Å². The number of aryl methyl sites for hydroxylation is 1. The lowest BCUT2D eigenvalue weighted by atomic mass is 10.0. The summed E-state index contributed by atoms with van der Waals surface area (Å²) in [5, 5.41) is 7.91. The Morgan fingerprint density at radius 2 is 1.88 bits per heavy atom. The molecule has 4 aromatic rings. The molecule has 2 aromatic heterocycles. The third-order valence-corrected chi connectivity index (χ3v) is 5.89. The van der Waals surface area contributed by atoms with E-state index in [1.54, 1.807) is 10.7 Å². The molecule has 1 saturated heterocycles. The van der Waals surface area contributed by atoms with Crippen molar-refractivity contribution >= 4 is 34.9 Å². The van der Waals surface area contributed by atoms with Gasteiger partial charge in [-0.1, -0.05) is 12.1 Å². The topological polar surface area (TPSA) is 79.9 Å². The second kappa shape index (κ2) is 8.05. The van der Waals surface area contributed by atoms with Gasteiger partial charge in [-0.3, -0.25) is 9.98 Å². The van der Waals surface area contributed by atoms with Crippen LogP contribution in [0, 0.1) is 0 Å². The van der Waals surface area contributed by atoms with Crippen LogP contribution in [0.5, 0.6) is 0 Å². The molecule has 0 atom stereocenters. The molecule has 1 N–H and O–H groups in total. The predicted molar refractivity (Wildman–Crippen MR) is 125 cm³/mol. The average molecular weight is 425 g/mol. The Morgan fingerprint density at radius 3 is 2.75 bits per heavy atom. The summed E-state index contributed by atoms with van der Waals surface area (Å²) >= 11 is 0. The molecule has 6 rings (SSSR count). The molecule has 0 aliphatic carbocycles. The number of rotatable bonds is 4.